The second-order valence-electron chi connectivity index (χ2n) is 4.97. The van der Waals surface area contributed by atoms with Crippen molar-refractivity contribution in [1.29, 1.82) is 0 Å². The maximum absolute atomic E-state index is 11.7. The highest BCUT2D eigenvalue weighted by atomic mass is 16.5. The summed E-state index contributed by atoms with van der Waals surface area (Å²) in [5.41, 5.74) is -1.39. The van der Waals surface area contributed by atoms with Crippen LogP contribution in [0.25, 0.3) is 0 Å². The Bertz CT molecular complexity index is 287. The van der Waals surface area contributed by atoms with Crippen LogP contribution in [0.1, 0.15) is 39.5 Å². The molecule has 1 rings (SSSR count). The van der Waals surface area contributed by atoms with Crippen LogP contribution in [0.5, 0.6) is 0 Å². The number of methoxy groups -OCH3 is 1. The summed E-state index contributed by atoms with van der Waals surface area (Å²) in [6, 6.07) is 0. The number of carboxylic acid groups (broad SMARTS) is 1. The number of hydrogen-bond donors (Lipinski definition) is 1. The largest absolute Gasteiger partial charge is 0.480 e. The topological polar surface area (TPSA) is 63.6 Å². The number of carbonyl (C=O) groups excluding carboxylic acids is 1. The van der Waals surface area contributed by atoms with Gasteiger partial charge in [-0.05, 0) is 31.6 Å². The molecule has 0 aromatic heterocycles. The molecule has 0 spiro atoms. The molecule has 4 nitrogen and oxygen atoms in total. The Hall–Kier alpha value is -1.06. The highest BCUT2D eigenvalue weighted by Gasteiger charge is 2.50. The van der Waals surface area contributed by atoms with Crippen LogP contribution in [-0.2, 0) is 14.3 Å². The first-order chi connectivity index (χ1) is 7.42. The van der Waals surface area contributed by atoms with Crippen molar-refractivity contribution >= 4 is 11.9 Å². The molecule has 1 aliphatic carbocycles. The van der Waals surface area contributed by atoms with Gasteiger partial charge in [0.25, 0.3) is 0 Å². The maximum atomic E-state index is 11.7. The van der Waals surface area contributed by atoms with Crippen LogP contribution in [0.2, 0.25) is 0 Å². The fourth-order valence-corrected chi connectivity index (χ4v) is 2.60. The van der Waals surface area contributed by atoms with E-state index in [0.29, 0.717) is 5.92 Å². The summed E-state index contributed by atoms with van der Waals surface area (Å²) in [5.74, 6) is -1.32. The third-order valence-electron chi connectivity index (χ3n) is 3.81. The second-order valence-corrected chi connectivity index (χ2v) is 4.97. The van der Waals surface area contributed by atoms with E-state index in [2.05, 4.69) is 11.7 Å². The van der Waals surface area contributed by atoms with Crippen LogP contribution in [0.4, 0.5) is 0 Å². The van der Waals surface area contributed by atoms with E-state index >= 15 is 0 Å². The molecule has 0 aromatic rings. The Morgan fingerprint density at radius 2 is 2.00 bits per heavy atom. The molecule has 1 fully saturated rings. The molecule has 92 valence electrons. The van der Waals surface area contributed by atoms with E-state index in [-0.39, 0.29) is 5.92 Å². The number of carboxylic acids is 1. The van der Waals surface area contributed by atoms with Gasteiger partial charge in [0.1, 0.15) is 0 Å². The van der Waals surface area contributed by atoms with Crippen molar-refractivity contribution in [2.24, 2.45) is 17.3 Å². The lowest BCUT2D eigenvalue weighted by molar-refractivity contribution is -0.171. The van der Waals surface area contributed by atoms with Crippen molar-refractivity contribution < 1.29 is 19.4 Å². The lowest BCUT2D eigenvalue weighted by atomic mass is 9.67. The molecule has 4 heteroatoms. The first-order valence-corrected chi connectivity index (χ1v) is 5.74. The Labute approximate surface area is 96.0 Å². The van der Waals surface area contributed by atoms with Crippen molar-refractivity contribution in [1.82, 2.24) is 0 Å². The predicted molar refractivity (Wildman–Crippen MR) is 58.9 cm³/mol. The van der Waals surface area contributed by atoms with Crippen molar-refractivity contribution in [2.45, 2.75) is 39.5 Å². The molecule has 3 atom stereocenters. The van der Waals surface area contributed by atoms with Crippen molar-refractivity contribution in [3.05, 3.63) is 0 Å². The summed E-state index contributed by atoms with van der Waals surface area (Å²) in [7, 11) is 1.25. The number of aliphatic carboxylic acids is 1. The number of carbonyl (C=O) groups is 2. The lowest BCUT2D eigenvalue weighted by Crippen LogP contribution is -2.45. The number of esters is 1. The Morgan fingerprint density at radius 3 is 2.44 bits per heavy atom. The zero-order valence-electron chi connectivity index (χ0n) is 10.2. The molecule has 0 heterocycles. The minimum atomic E-state index is -1.39. The van der Waals surface area contributed by atoms with Crippen molar-refractivity contribution in [2.75, 3.05) is 7.11 Å². The van der Waals surface area contributed by atoms with Crippen LogP contribution < -0.4 is 0 Å². The standard InChI is InChI=1S/C12H20O4/c1-8-5-4-6-9(7-8)12(2,10(13)14)11(15)16-3/h8-9H,4-7H2,1-3H3,(H,13,14). The third-order valence-corrected chi connectivity index (χ3v) is 3.81. The molecule has 0 aliphatic heterocycles. The maximum Gasteiger partial charge on any atom is 0.323 e. The summed E-state index contributed by atoms with van der Waals surface area (Å²) < 4.78 is 4.65. The van der Waals surface area contributed by atoms with Crippen LogP contribution in [0.3, 0.4) is 0 Å². The van der Waals surface area contributed by atoms with Crippen LogP contribution in [-0.4, -0.2) is 24.2 Å². The van der Waals surface area contributed by atoms with Crippen molar-refractivity contribution in [3.63, 3.8) is 0 Å². The Balaban J connectivity index is 2.92. The molecule has 1 N–H and O–H groups in total. The lowest BCUT2D eigenvalue weighted by Gasteiger charge is -2.36. The average Bonchev–Trinajstić information content (AvgIpc) is 2.26. The third kappa shape index (κ3) is 2.20. The van der Waals surface area contributed by atoms with Gasteiger partial charge in [0.15, 0.2) is 5.41 Å². The number of ether oxygens (including phenoxy) is 1. The van der Waals surface area contributed by atoms with Gasteiger partial charge in [-0.3, -0.25) is 9.59 Å². The SMILES string of the molecule is COC(=O)C(C)(C(=O)O)C1CCCC(C)C1. The van der Waals surface area contributed by atoms with Gasteiger partial charge >= 0.3 is 11.9 Å². The van der Waals surface area contributed by atoms with E-state index in [1.165, 1.54) is 14.0 Å². The zero-order valence-corrected chi connectivity index (χ0v) is 10.2. The van der Waals surface area contributed by atoms with Gasteiger partial charge in [-0.2, -0.15) is 0 Å². The fourth-order valence-electron chi connectivity index (χ4n) is 2.60. The normalized spacial score (nSPS) is 29.2. The van der Waals surface area contributed by atoms with Gasteiger partial charge in [0.2, 0.25) is 0 Å². The molecular weight excluding hydrogens is 208 g/mol. The van der Waals surface area contributed by atoms with Gasteiger partial charge in [0.05, 0.1) is 7.11 Å². The predicted octanol–water partition coefficient (Wildman–Crippen LogP) is 2.08. The summed E-state index contributed by atoms with van der Waals surface area (Å²) in [6.45, 7) is 3.59. The minimum Gasteiger partial charge on any atom is -0.480 e. The van der Waals surface area contributed by atoms with Crippen LogP contribution >= 0.6 is 0 Å². The van der Waals surface area contributed by atoms with Gasteiger partial charge in [-0.15, -0.1) is 0 Å². The monoisotopic (exact) mass is 228 g/mol. The summed E-state index contributed by atoms with van der Waals surface area (Å²) in [4.78, 5) is 23.0. The molecule has 1 saturated carbocycles. The first kappa shape index (κ1) is 13.0. The molecule has 0 aromatic carbocycles. The van der Waals surface area contributed by atoms with E-state index in [1.54, 1.807) is 0 Å². The molecular formula is C12H20O4. The van der Waals surface area contributed by atoms with Crippen LogP contribution in [0, 0.1) is 17.3 Å². The molecule has 3 unspecified atom stereocenters. The molecule has 0 bridgehead atoms. The number of rotatable bonds is 3. The molecule has 0 amide bonds. The molecule has 0 saturated heterocycles. The molecule has 16 heavy (non-hydrogen) atoms. The highest BCUT2D eigenvalue weighted by molar-refractivity contribution is 5.99. The van der Waals surface area contributed by atoms with Crippen LogP contribution in [0.15, 0.2) is 0 Å². The number of hydrogen-bond acceptors (Lipinski definition) is 3. The van der Waals surface area contributed by atoms with Gasteiger partial charge in [0, 0.05) is 0 Å². The summed E-state index contributed by atoms with van der Waals surface area (Å²) in [5, 5.41) is 9.27. The quantitative estimate of drug-likeness (QED) is 0.593. The van der Waals surface area contributed by atoms with E-state index in [9.17, 15) is 14.7 Å². The Morgan fingerprint density at radius 1 is 1.38 bits per heavy atom. The van der Waals surface area contributed by atoms with Gasteiger partial charge in [-0.1, -0.05) is 19.8 Å². The van der Waals surface area contributed by atoms with E-state index < -0.39 is 17.4 Å². The van der Waals surface area contributed by atoms with Gasteiger partial charge in [-0.25, -0.2) is 0 Å². The van der Waals surface area contributed by atoms with Gasteiger partial charge < -0.3 is 9.84 Å². The Kier molecular flexibility index (Phi) is 3.94. The summed E-state index contributed by atoms with van der Waals surface area (Å²) in [6.07, 6.45) is 3.69. The minimum absolute atomic E-state index is 0.110. The smallest absolute Gasteiger partial charge is 0.323 e. The zero-order chi connectivity index (χ0) is 12.3. The molecule has 1 aliphatic rings. The van der Waals surface area contributed by atoms with E-state index in [4.69, 9.17) is 0 Å². The van der Waals surface area contributed by atoms with E-state index in [1.807, 2.05) is 0 Å². The second kappa shape index (κ2) is 4.85. The first-order valence-electron chi connectivity index (χ1n) is 5.74. The highest BCUT2D eigenvalue weighted by Crippen LogP contribution is 2.41. The average molecular weight is 228 g/mol. The van der Waals surface area contributed by atoms with E-state index in [0.717, 1.165) is 25.7 Å². The molecule has 0 radical (unpaired) electrons. The fraction of sp³-hybridized carbons (Fsp3) is 0.833. The van der Waals surface area contributed by atoms with Crippen molar-refractivity contribution in [3.8, 4) is 0 Å². The summed E-state index contributed by atoms with van der Waals surface area (Å²) >= 11 is 0.